The van der Waals surface area contributed by atoms with Crippen LogP contribution in [0.5, 0.6) is 0 Å². The zero-order valence-electron chi connectivity index (χ0n) is 9.21. The molecule has 0 saturated heterocycles. The van der Waals surface area contributed by atoms with Gasteiger partial charge in [0.15, 0.2) is 5.65 Å². The van der Waals surface area contributed by atoms with Crippen LogP contribution in [0.4, 0.5) is 0 Å². The molecule has 5 nitrogen and oxygen atoms in total. The molecular weight excluding hydrogens is 206 g/mol. The van der Waals surface area contributed by atoms with Crippen LogP contribution < -0.4 is 0 Å². The van der Waals surface area contributed by atoms with Crippen molar-refractivity contribution in [1.29, 1.82) is 0 Å². The van der Waals surface area contributed by atoms with Crippen LogP contribution in [0.15, 0.2) is 24.5 Å². The summed E-state index contributed by atoms with van der Waals surface area (Å²) in [5.74, 6) is -0.822. The molecule has 2 heterocycles. The van der Waals surface area contributed by atoms with Gasteiger partial charge in [-0.25, -0.2) is 9.50 Å². The Morgan fingerprint density at radius 2 is 2.31 bits per heavy atom. The van der Waals surface area contributed by atoms with Crippen molar-refractivity contribution in [3.05, 3.63) is 30.2 Å². The van der Waals surface area contributed by atoms with Gasteiger partial charge in [-0.2, -0.15) is 5.10 Å². The molecule has 16 heavy (non-hydrogen) atoms. The molecule has 0 unspecified atom stereocenters. The minimum Gasteiger partial charge on any atom is -0.481 e. The zero-order chi connectivity index (χ0) is 11.8. The standard InChI is InChI=1S/C11H13N3O2/c1-11(2,10(15)16)7-8-6-9-12-4-3-5-14(9)13-8/h3-6H,7H2,1-2H3,(H,15,16). The molecule has 0 radical (unpaired) electrons. The Bertz CT molecular complexity index is 498. The molecule has 0 saturated carbocycles. The van der Waals surface area contributed by atoms with Gasteiger partial charge in [-0.1, -0.05) is 0 Å². The summed E-state index contributed by atoms with van der Waals surface area (Å²) in [5.41, 5.74) is 0.669. The van der Waals surface area contributed by atoms with Crippen LogP contribution >= 0.6 is 0 Å². The lowest BCUT2D eigenvalue weighted by atomic mass is 9.88. The van der Waals surface area contributed by atoms with Crippen LogP contribution in [0.25, 0.3) is 5.65 Å². The Kier molecular flexibility index (Phi) is 2.38. The number of aliphatic carboxylic acids is 1. The Hall–Kier alpha value is -1.91. The van der Waals surface area contributed by atoms with E-state index in [4.69, 9.17) is 5.11 Å². The van der Waals surface area contributed by atoms with Crippen LogP contribution in [-0.4, -0.2) is 25.7 Å². The summed E-state index contributed by atoms with van der Waals surface area (Å²) in [6.45, 7) is 3.37. The normalized spacial score (nSPS) is 11.9. The van der Waals surface area contributed by atoms with E-state index in [-0.39, 0.29) is 0 Å². The van der Waals surface area contributed by atoms with Crippen LogP contribution in [0.2, 0.25) is 0 Å². The molecule has 84 valence electrons. The average molecular weight is 219 g/mol. The van der Waals surface area contributed by atoms with E-state index < -0.39 is 11.4 Å². The molecule has 1 N–H and O–H groups in total. The van der Waals surface area contributed by atoms with Crippen molar-refractivity contribution in [2.75, 3.05) is 0 Å². The van der Waals surface area contributed by atoms with Crippen molar-refractivity contribution in [2.24, 2.45) is 5.41 Å². The first-order chi connectivity index (χ1) is 7.49. The van der Waals surface area contributed by atoms with Gasteiger partial charge in [0.25, 0.3) is 0 Å². The molecule has 0 aliphatic carbocycles. The van der Waals surface area contributed by atoms with E-state index in [2.05, 4.69) is 10.1 Å². The molecule has 2 aromatic rings. The van der Waals surface area contributed by atoms with Crippen LogP contribution in [0.1, 0.15) is 19.5 Å². The highest BCUT2D eigenvalue weighted by Crippen LogP contribution is 2.21. The van der Waals surface area contributed by atoms with Gasteiger partial charge in [0.05, 0.1) is 11.1 Å². The molecule has 0 aromatic carbocycles. The van der Waals surface area contributed by atoms with Crippen LogP contribution in [0, 0.1) is 5.41 Å². The lowest BCUT2D eigenvalue weighted by Gasteiger charge is -2.16. The molecule has 0 bridgehead atoms. The molecule has 5 heteroatoms. The lowest BCUT2D eigenvalue weighted by Crippen LogP contribution is -2.26. The number of nitrogens with zero attached hydrogens (tertiary/aromatic N) is 3. The summed E-state index contributed by atoms with van der Waals surface area (Å²) in [5, 5.41) is 13.3. The molecular formula is C11H13N3O2. The van der Waals surface area contributed by atoms with Crippen LogP contribution in [0.3, 0.4) is 0 Å². The van der Waals surface area contributed by atoms with Gasteiger partial charge >= 0.3 is 5.97 Å². The quantitative estimate of drug-likeness (QED) is 0.846. The van der Waals surface area contributed by atoms with Crippen LogP contribution in [-0.2, 0) is 11.2 Å². The fourth-order valence-corrected chi connectivity index (χ4v) is 1.49. The predicted octanol–water partition coefficient (Wildman–Crippen LogP) is 1.38. The molecule has 0 amide bonds. The summed E-state index contributed by atoms with van der Waals surface area (Å²) in [7, 11) is 0. The van der Waals surface area contributed by atoms with Crippen molar-refractivity contribution in [3.8, 4) is 0 Å². The predicted molar refractivity (Wildman–Crippen MR) is 58.1 cm³/mol. The van der Waals surface area contributed by atoms with Gasteiger partial charge in [-0.3, -0.25) is 4.79 Å². The zero-order valence-corrected chi connectivity index (χ0v) is 9.21. The number of carbonyl (C=O) groups is 1. The molecule has 0 spiro atoms. The maximum Gasteiger partial charge on any atom is 0.309 e. The Balaban J connectivity index is 2.32. The molecule has 0 fully saturated rings. The number of hydrogen-bond acceptors (Lipinski definition) is 3. The van der Waals surface area contributed by atoms with Gasteiger partial charge in [0.2, 0.25) is 0 Å². The van der Waals surface area contributed by atoms with Gasteiger partial charge in [0.1, 0.15) is 0 Å². The summed E-state index contributed by atoms with van der Waals surface area (Å²) < 4.78 is 1.65. The molecule has 0 atom stereocenters. The SMILES string of the molecule is CC(C)(Cc1cc2ncccn2n1)C(=O)O. The fourth-order valence-electron chi connectivity index (χ4n) is 1.49. The monoisotopic (exact) mass is 219 g/mol. The first kappa shape index (κ1) is 10.6. The van der Waals surface area contributed by atoms with Crippen molar-refractivity contribution < 1.29 is 9.90 Å². The van der Waals surface area contributed by atoms with E-state index >= 15 is 0 Å². The Labute approximate surface area is 92.7 Å². The topological polar surface area (TPSA) is 67.5 Å². The van der Waals surface area contributed by atoms with Gasteiger partial charge in [-0.05, 0) is 19.9 Å². The van der Waals surface area contributed by atoms with Crippen molar-refractivity contribution in [3.63, 3.8) is 0 Å². The third-order valence-electron chi connectivity index (χ3n) is 2.49. The largest absolute Gasteiger partial charge is 0.481 e. The maximum absolute atomic E-state index is 11.0. The lowest BCUT2D eigenvalue weighted by molar-refractivity contribution is -0.146. The molecule has 0 aliphatic heterocycles. The van der Waals surface area contributed by atoms with Crippen molar-refractivity contribution in [2.45, 2.75) is 20.3 Å². The summed E-state index contributed by atoms with van der Waals surface area (Å²) in [6.07, 6.45) is 3.87. The van der Waals surface area contributed by atoms with Gasteiger partial charge in [0, 0.05) is 24.9 Å². The van der Waals surface area contributed by atoms with E-state index in [1.807, 2.05) is 6.07 Å². The summed E-state index contributed by atoms with van der Waals surface area (Å²) in [4.78, 5) is 15.1. The second-order valence-corrected chi connectivity index (χ2v) is 4.42. The highest BCUT2D eigenvalue weighted by Gasteiger charge is 2.28. The number of aromatic nitrogens is 3. The summed E-state index contributed by atoms with van der Waals surface area (Å²) in [6, 6.07) is 3.59. The molecule has 2 aromatic heterocycles. The van der Waals surface area contributed by atoms with Gasteiger partial charge < -0.3 is 5.11 Å². The number of fused-ring (bicyclic) bond motifs is 1. The minimum absolute atomic E-state index is 0.395. The number of hydrogen-bond donors (Lipinski definition) is 1. The Morgan fingerprint density at radius 1 is 1.56 bits per heavy atom. The van der Waals surface area contributed by atoms with E-state index in [0.29, 0.717) is 6.42 Å². The fraction of sp³-hybridized carbons (Fsp3) is 0.364. The third-order valence-corrected chi connectivity index (χ3v) is 2.49. The van der Waals surface area contributed by atoms with E-state index in [9.17, 15) is 4.79 Å². The summed E-state index contributed by atoms with van der Waals surface area (Å²) >= 11 is 0. The van der Waals surface area contributed by atoms with E-state index in [1.165, 1.54) is 0 Å². The number of carboxylic acids is 1. The highest BCUT2D eigenvalue weighted by atomic mass is 16.4. The minimum atomic E-state index is -0.822. The number of carboxylic acid groups (broad SMARTS) is 1. The average Bonchev–Trinajstić information content (AvgIpc) is 2.58. The first-order valence-electron chi connectivity index (χ1n) is 5.02. The third kappa shape index (κ3) is 1.88. The van der Waals surface area contributed by atoms with E-state index in [0.717, 1.165) is 11.3 Å². The molecule has 2 rings (SSSR count). The maximum atomic E-state index is 11.0. The smallest absolute Gasteiger partial charge is 0.309 e. The first-order valence-corrected chi connectivity index (χ1v) is 5.02. The molecule has 0 aliphatic rings. The second kappa shape index (κ2) is 3.59. The highest BCUT2D eigenvalue weighted by molar-refractivity contribution is 5.74. The Morgan fingerprint density at radius 3 is 2.94 bits per heavy atom. The second-order valence-electron chi connectivity index (χ2n) is 4.42. The van der Waals surface area contributed by atoms with Gasteiger partial charge in [-0.15, -0.1) is 0 Å². The van der Waals surface area contributed by atoms with Crippen molar-refractivity contribution >= 4 is 11.6 Å². The van der Waals surface area contributed by atoms with E-state index in [1.54, 1.807) is 36.8 Å². The number of rotatable bonds is 3. The van der Waals surface area contributed by atoms with Crippen molar-refractivity contribution in [1.82, 2.24) is 14.6 Å².